The highest BCUT2D eigenvalue weighted by Gasteiger charge is 2.12. The first kappa shape index (κ1) is 13.8. The number of nitrogens with zero attached hydrogens (tertiary/aromatic N) is 2. The van der Waals surface area contributed by atoms with Gasteiger partial charge in [0, 0.05) is 6.61 Å². The summed E-state index contributed by atoms with van der Waals surface area (Å²) in [4.78, 5) is 0. The third-order valence-corrected chi connectivity index (χ3v) is 3.41. The summed E-state index contributed by atoms with van der Waals surface area (Å²) in [6.07, 6.45) is 8.19. The van der Waals surface area contributed by atoms with Crippen LogP contribution in [0.3, 0.4) is 0 Å². The minimum atomic E-state index is 0.275. The van der Waals surface area contributed by atoms with E-state index in [1.165, 1.54) is 22.4 Å². The van der Waals surface area contributed by atoms with Crippen LogP contribution in [0, 0.1) is 20.8 Å². The average Bonchev–Trinajstić information content (AvgIpc) is 2.76. The van der Waals surface area contributed by atoms with E-state index in [9.17, 15) is 0 Å². The van der Waals surface area contributed by atoms with E-state index >= 15 is 0 Å². The summed E-state index contributed by atoms with van der Waals surface area (Å²) in [6.45, 7) is 7.68. The molecule has 0 unspecified atom stereocenters. The molecule has 0 spiro atoms. The van der Waals surface area contributed by atoms with Crippen LogP contribution < -0.4 is 4.57 Å². The molecule has 0 bridgehead atoms. The molecular weight excluding hydrogens is 236 g/mol. The highest BCUT2D eigenvalue weighted by molar-refractivity contribution is 5.48. The number of aliphatic hydroxyl groups excluding tert-OH is 1. The summed E-state index contributed by atoms with van der Waals surface area (Å²) in [5, 5.41) is 8.81. The third-order valence-electron chi connectivity index (χ3n) is 3.41. The highest BCUT2D eigenvalue weighted by atomic mass is 16.2. The summed E-state index contributed by atoms with van der Waals surface area (Å²) >= 11 is 0. The van der Waals surface area contributed by atoms with Gasteiger partial charge in [-0.1, -0.05) is 17.7 Å². The lowest BCUT2D eigenvalue weighted by Crippen LogP contribution is -2.31. The maximum atomic E-state index is 8.81. The first-order valence-corrected chi connectivity index (χ1v) is 6.88. The maximum Gasteiger partial charge on any atom is 0.248 e. The first-order chi connectivity index (χ1) is 9.11. The molecule has 0 aliphatic carbocycles. The van der Waals surface area contributed by atoms with Gasteiger partial charge in [0.15, 0.2) is 0 Å². The second-order valence-electron chi connectivity index (χ2n) is 5.24. The fraction of sp³-hybridized carbons (Fsp3) is 0.438. The Balaban J connectivity index is 2.23. The van der Waals surface area contributed by atoms with E-state index in [4.69, 9.17) is 5.11 Å². The van der Waals surface area contributed by atoms with E-state index in [-0.39, 0.29) is 6.61 Å². The van der Waals surface area contributed by atoms with Crippen LogP contribution in [-0.4, -0.2) is 16.3 Å². The predicted molar refractivity (Wildman–Crippen MR) is 76.5 cm³/mol. The molecule has 19 heavy (non-hydrogen) atoms. The summed E-state index contributed by atoms with van der Waals surface area (Å²) in [5.41, 5.74) is 5.18. The molecule has 0 amide bonds. The van der Waals surface area contributed by atoms with Crippen LogP contribution in [0.1, 0.15) is 29.5 Å². The quantitative estimate of drug-likeness (QED) is 0.648. The van der Waals surface area contributed by atoms with E-state index in [0.29, 0.717) is 0 Å². The average molecular weight is 259 g/mol. The fourth-order valence-electron chi connectivity index (χ4n) is 2.64. The van der Waals surface area contributed by atoms with Gasteiger partial charge in [-0.15, -0.1) is 0 Å². The lowest BCUT2D eigenvalue weighted by molar-refractivity contribution is -0.696. The number of hydrogen-bond donors (Lipinski definition) is 1. The Morgan fingerprint density at radius 2 is 1.79 bits per heavy atom. The second-order valence-corrected chi connectivity index (χ2v) is 5.24. The Kier molecular flexibility index (Phi) is 4.38. The minimum absolute atomic E-state index is 0.275. The third kappa shape index (κ3) is 3.24. The molecule has 2 aromatic rings. The van der Waals surface area contributed by atoms with Gasteiger partial charge in [0.2, 0.25) is 6.33 Å². The van der Waals surface area contributed by atoms with Gasteiger partial charge in [0.05, 0.1) is 6.54 Å². The number of aliphatic hydroxyl groups is 1. The van der Waals surface area contributed by atoms with Crippen molar-refractivity contribution in [1.29, 1.82) is 0 Å². The van der Waals surface area contributed by atoms with Crippen molar-refractivity contribution < 1.29 is 9.67 Å². The number of benzene rings is 1. The number of imidazole rings is 1. The van der Waals surface area contributed by atoms with Gasteiger partial charge in [-0.3, -0.25) is 0 Å². The molecule has 1 heterocycles. The standard InChI is InChI=1S/C16H23N2O/c1-13-10-14(2)16(15(3)11-13)18-8-7-17(12-18)6-4-5-9-19/h7-8,10-12,19H,4-6,9H2,1-3H3/q+1. The van der Waals surface area contributed by atoms with E-state index in [1.807, 2.05) is 0 Å². The molecule has 1 aromatic carbocycles. The van der Waals surface area contributed by atoms with Crippen molar-refractivity contribution in [2.45, 2.75) is 40.2 Å². The molecule has 102 valence electrons. The Morgan fingerprint density at radius 3 is 2.42 bits per heavy atom. The number of unbranched alkanes of at least 4 members (excludes halogenated alkanes) is 1. The van der Waals surface area contributed by atoms with Crippen molar-refractivity contribution in [2.24, 2.45) is 0 Å². The van der Waals surface area contributed by atoms with Crippen molar-refractivity contribution >= 4 is 0 Å². The maximum absolute atomic E-state index is 8.81. The normalized spacial score (nSPS) is 10.9. The molecule has 0 fully saturated rings. The summed E-state index contributed by atoms with van der Waals surface area (Å²) < 4.78 is 4.36. The van der Waals surface area contributed by atoms with Crippen LogP contribution in [0.25, 0.3) is 5.69 Å². The SMILES string of the molecule is Cc1cc(C)c(-n2cc[n+](CCCCO)c2)c(C)c1. The zero-order valence-corrected chi connectivity index (χ0v) is 12.1. The molecule has 1 N–H and O–H groups in total. The van der Waals surface area contributed by atoms with Crippen LogP contribution in [0.2, 0.25) is 0 Å². The number of aromatic nitrogens is 2. The summed E-state index contributed by atoms with van der Waals surface area (Å²) in [6, 6.07) is 4.44. The first-order valence-electron chi connectivity index (χ1n) is 6.88. The molecule has 0 aliphatic rings. The monoisotopic (exact) mass is 259 g/mol. The van der Waals surface area contributed by atoms with Gasteiger partial charge in [-0.25, -0.2) is 9.13 Å². The summed E-state index contributed by atoms with van der Waals surface area (Å²) in [5.74, 6) is 0. The molecule has 3 heteroatoms. The number of rotatable bonds is 5. The molecule has 2 rings (SSSR count). The van der Waals surface area contributed by atoms with Crippen LogP contribution in [0.15, 0.2) is 30.9 Å². The Hall–Kier alpha value is -1.61. The molecule has 0 saturated heterocycles. The van der Waals surface area contributed by atoms with E-state index in [2.05, 4.69) is 60.8 Å². The Bertz CT molecular complexity index is 535. The van der Waals surface area contributed by atoms with Gasteiger partial charge in [-0.2, -0.15) is 0 Å². The van der Waals surface area contributed by atoms with Crippen molar-refractivity contribution in [2.75, 3.05) is 6.61 Å². The van der Waals surface area contributed by atoms with Crippen LogP contribution in [-0.2, 0) is 6.54 Å². The van der Waals surface area contributed by atoms with E-state index in [1.54, 1.807) is 0 Å². The molecule has 0 atom stereocenters. The lowest BCUT2D eigenvalue weighted by atomic mass is 10.1. The number of hydrogen-bond acceptors (Lipinski definition) is 1. The van der Waals surface area contributed by atoms with Crippen molar-refractivity contribution in [1.82, 2.24) is 4.57 Å². The van der Waals surface area contributed by atoms with E-state index in [0.717, 1.165) is 19.4 Å². The Labute approximate surface area is 115 Å². The van der Waals surface area contributed by atoms with Gasteiger partial charge in [0.1, 0.15) is 18.1 Å². The highest BCUT2D eigenvalue weighted by Crippen LogP contribution is 2.20. The number of aryl methyl sites for hydroxylation is 4. The zero-order chi connectivity index (χ0) is 13.8. The van der Waals surface area contributed by atoms with Crippen LogP contribution in [0.4, 0.5) is 0 Å². The zero-order valence-electron chi connectivity index (χ0n) is 12.1. The van der Waals surface area contributed by atoms with Crippen molar-refractivity contribution in [3.8, 4) is 5.69 Å². The topological polar surface area (TPSA) is 29.0 Å². The second kappa shape index (κ2) is 6.02. The van der Waals surface area contributed by atoms with E-state index < -0.39 is 0 Å². The largest absolute Gasteiger partial charge is 0.396 e. The van der Waals surface area contributed by atoms with Gasteiger partial charge < -0.3 is 5.11 Å². The molecule has 3 nitrogen and oxygen atoms in total. The predicted octanol–water partition coefficient (Wildman–Crippen LogP) is 2.46. The van der Waals surface area contributed by atoms with Crippen LogP contribution in [0.5, 0.6) is 0 Å². The summed E-state index contributed by atoms with van der Waals surface area (Å²) in [7, 11) is 0. The smallest absolute Gasteiger partial charge is 0.248 e. The van der Waals surface area contributed by atoms with Crippen molar-refractivity contribution in [3.63, 3.8) is 0 Å². The molecular formula is C16H23N2O+. The molecule has 0 saturated carbocycles. The minimum Gasteiger partial charge on any atom is -0.396 e. The van der Waals surface area contributed by atoms with Gasteiger partial charge in [0.25, 0.3) is 0 Å². The fourth-order valence-corrected chi connectivity index (χ4v) is 2.64. The molecule has 1 aromatic heterocycles. The van der Waals surface area contributed by atoms with Crippen molar-refractivity contribution in [3.05, 3.63) is 47.5 Å². The lowest BCUT2D eigenvalue weighted by Gasteiger charge is -2.07. The molecule has 0 radical (unpaired) electrons. The van der Waals surface area contributed by atoms with Crippen LogP contribution >= 0.6 is 0 Å². The molecule has 0 aliphatic heterocycles. The van der Waals surface area contributed by atoms with Gasteiger partial charge >= 0.3 is 0 Å². The Morgan fingerprint density at radius 1 is 1.11 bits per heavy atom. The van der Waals surface area contributed by atoms with Gasteiger partial charge in [-0.05, 0) is 44.7 Å².